The first kappa shape index (κ1) is 16.8. The van der Waals surface area contributed by atoms with Crippen LogP contribution in [0.2, 0.25) is 0 Å². The number of carbonyl (C=O) groups is 1. The number of fused-ring (bicyclic) bond motifs is 1. The fraction of sp³-hybridized carbons (Fsp3) is 0.611. The van der Waals surface area contributed by atoms with Crippen molar-refractivity contribution >= 4 is 11.7 Å². The second kappa shape index (κ2) is 6.97. The number of aliphatic imine (C=N–C) groups is 1. The fourth-order valence-electron chi connectivity index (χ4n) is 4.09. The first-order valence-corrected chi connectivity index (χ1v) is 9.60. The van der Waals surface area contributed by atoms with Gasteiger partial charge in [0.1, 0.15) is 5.84 Å². The first-order chi connectivity index (χ1) is 13.3. The van der Waals surface area contributed by atoms with Gasteiger partial charge in [0.05, 0.1) is 23.9 Å². The molecule has 3 aliphatic heterocycles. The maximum Gasteiger partial charge on any atom is 0.253 e. The molecule has 5 heterocycles. The molecule has 27 heavy (non-hydrogen) atoms. The third kappa shape index (κ3) is 3.10. The standard InChI is InChI=1S/C18H22N6O3/c25-15-9-14-13(16-22-18(27-23-16)12-3-7-26-8-4-12)10-20-24(14)17(21-15)11-1-5-19-6-2-11/h10-12,19H,1-9H2. The minimum absolute atomic E-state index is 0.133. The van der Waals surface area contributed by atoms with E-state index in [0.29, 0.717) is 11.7 Å². The lowest BCUT2D eigenvalue weighted by atomic mass is 9.95. The average Bonchev–Trinajstić information content (AvgIpc) is 3.35. The molecule has 0 aromatic carbocycles. The summed E-state index contributed by atoms with van der Waals surface area (Å²) in [6, 6.07) is 0. The summed E-state index contributed by atoms with van der Waals surface area (Å²) in [5, 5.41) is 12.0. The smallest absolute Gasteiger partial charge is 0.253 e. The Kier molecular flexibility index (Phi) is 4.33. The van der Waals surface area contributed by atoms with Gasteiger partial charge in [0.15, 0.2) is 0 Å². The summed E-state index contributed by atoms with van der Waals surface area (Å²) >= 11 is 0. The number of hydrogen-bond donors (Lipinski definition) is 1. The van der Waals surface area contributed by atoms with Crippen molar-refractivity contribution in [3.8, 4) is 11.4 Å². The molecule has 2 aromatic rings. The Hall–Kier alpha value is -2.39. The van der Waals surface area contributed by atoms with E-state index in [9.17, 15) is 4.79 Å². The summed E-state index contributed by atoms with van der Waals surface area (Å²) < 4.78 is 12.7. The maximum absolute atomic E-state index is 12.3. The summed E-state index contributed by atoms with van der Waals surface area (Å²) in [6.45, 7) is 3.30. The molecule has 0 aliphatic carbocycles. The zero-order valence-electron chi connectivity index (χ0n) is 15.1. The molecule has 1 N–H and O–H groups in total. The van der Waals surface area contributed by atoms with Crippen LogP contribution in [-0.4, -0.2) is 58.0 Å². The van der Waals surface area contributed by atoms with E-state index in [2.05, 4.69) is 25.5 Å². The van der Waals surface area contributed by atoms with E-state index in [-0.39, 0.29) is 24.2 Å². The van der Waals surface area contributed by atoms with Crippen LogP contribution in [0.4, 0.5) is 0 Å². The van der Waals surface area contributed by atoms with E-state index < -0.39 is 0 Å². The van der Waals surface area contributed by atoms with Gasteiger partial charge in [0.2, 0.25) is 11.7 Å². The molecule has 0 bridgehead atoms. The monoisotopic (exact) mass is 370 g/mol. The minimum Gasteiger partial charge on any atom is -0.381 e. The van der Waals surface area contributed by atoms with E-state index in [0.717, 1.165) is 69.1 Å². The zero-order chi connectivity index (χ0) is 18.2. The highest BCUT2D eigenvalue weighted by Gasteiger charge is 2.31. The third-order valence-corrected chi connectivity index (χ3v) is 5.60. The molecular weight excluding hydrogens is 348 g/mol. The number of nitrogens with one attached hydrogen (secondary N) is 1. The van der Waals surface area contributed by atoms with Crippen molar-refractivity contribution in [1.82, 2.24) is 25.2 Å². The van der Waals surface area contributed by atoms with Crippen LogP contribution in [0.1, 0.15) is 43.2 Å². The third-order valence-electron chi connectivity index (χ3n) is 5.60. The molecule has 0 spiro atoms. The normalized spacial score (nSPS) is 21.9. The molecule has 0 atom stereocenters. The number of amides is 1. The van der Waals surface area contributed by atoms with Crippen molar-refractivity contribution in [3.63, 3.8) is 0 Å². The van der Waals surface area contributed by atoms with Crippen molar-refractivity contribution in [2.45, 2.75) is 38.0 Å². The summed E-state index contributed by atoms with van der Waals surface area (Å²) in [4.78, 5) is 21.2. The van der Waals surface area contributed by atoms with Crippen LogP contribution in [-0.2, 0) is 16.0 Å². The van der Waals surface area contributed by atoms with E-state index in [1.54, 1.807) is 6.20 Å². The molecule has 9 heteroatoms. The van der Waals surface area contributed by atoms with Gasteiger partial charge in [-0.1, -0.05) is 5.16 Å². The molecule has 2 fully saturated rings. The molecule has 5 rings (SSSR count). The lowest BCUT2D eigenvalue weighted by Crippen LogP contribution is -2.38. The van der Waals surface area contributed by atoms with Crippen molar-refractivity contribution in [3.05, 3.63) is 17.8 Å². The SMILES string of the molecule is O=C1Cc2c(-c3noc(C4CCOCC4)n3)cnn2C(C2CCNCC2)=N1. The van der Waals surface area contributed by atoms with Crippen LogP contribution in [0.5, 0.6) is 0 Å². The van der Waals surface area contributed by atoms with E-state index in [4.69, 9.17) is 9.26 Å². The summed E-state index contributed by atoms with van der Waals surface area (Å²) in [6.07, 6.45) is 5.62. The summed E-state index contributed by atoms with van der Waals surface area (Å²) in [5.41, 5.74) is 1.56. The molecule has 1 amide bonds. The number of rotatable bonds is 3. The highest BCUT2D eigenvalue weighted by Crippen LogP contribution is 2.30. The Morgan fingerprint density at radius 3 is 2.74 bits per heavy atom. The number of ether oxygens (including phenoxy) is 1. The molecule has 3 aliphatic rings. The summed E-state index contributed by atoms with van der Waals surface area (Å²) in [5.74, 6) is 2.23. The Morgan fingerprint density at radius 2 is 1.93 bits per heavy atom. The maximum atomic E-state index is 12.3. The predicted octanol–water partition coefficient (Wildman–Crippen LogP) is 1.16. The molecule has 0 saturated carbocycles. The minimum atomic E-state index is -0.133. The lowest BCUT2D eigenvalue weighted by Gasteiger charge is -2.26. The van der Waals surface area contributed by atoms with Crippen molar-refractivity contribution in [1.29, 1.82) is 0 Å². The Labute approximate surface area is 156 Å². The van der Waals surface area contributed by atoms with Crippen LogP contribution < -0.4 is 5.32 Å². The van der Waals surface area contributed by atoms with Gasteiger partial charge >= 0.3 is 0 Å². The highest BCUT2D eigenvalue weighted by atomic mass is 16.5. The largest absolute Gasteiger partial charge is 0.381 e. The number of aromatic nitrogens is 4. The molecule has 2 aromatic heterocycles. The predicted molar refractivity (Wildman–Crippen MR) is 95.5 cm³/mol. The van der Waals surface area contributed by atoms with Crippen molar-refractivity contribution in [2.24, 2.45) is 10.9 Å². The zero-order valence-corrected chi connectivity index (χ0v) is 15.1. The van der Waals surface area contributed by atoms with Crippen molar-refractivity contribution in [2.75, 3.05) is 26.3 Å². The number of piperidine rings is 1. The van der Waals surface area contributed by atoms with Gasteiger partial charge in [0.25, 0.3) is 5.91 Å². The van der Waals surface area contributed by atoms with Gasteiger partial charge in [-0.2, -0.15) is 15.1 Å². The second-order valence-corrected chi connectivity index (χ2v) is 7.32. The molecule has 9 nitrogen and oxygen atoms in total. The van der Waals surface area contributed by atoms with Gasteiger partial charge in [-0.25, -0.2) is 4.68 Å². The Bertz CT molecular complexity index is 874. The van der Waals surface area contributed by atoms with Gasteiger partial charge in [-0.3, -0.25) is 4.79 Å². The molecule has 0 radical (unpaired) electrons. The molecule has 0 unspecified atom stereocenters. The Morgan fingerprint density at radius 1 is 1.11 bits per heavy atom. The Balaban J connectivity index is 1.46. The number of hydrogen-bond acceptors (Lipinski definition) is 7. The van der Waals surface area contributed by atoms with Gasteiger partial charge in [-0.05, 0) is 38.8 Å². The van der Waals surface area contributed by atoms with E-state index >= 15 is 0 Å². The van der Waals surface area contributed by atoms with Crippen LogP contribution >= 0.6 is 0 Å². The van der Waals surface area contributed by atoms with Gasteiger partial charge in [0, 0.05) is 25.0 Å². The first-order valence-electron chi connectivity index (χ1n) is 9.60. The van der Waals surface area contributed by atoms with Crippen LogP contribution in [0, 0.1) is 5.92 Å². The number of carbonyl (C=O) groups excluding carboxylic acids is 1. The van der Waals surface area contributed by atoms with E-state index in [1.165, 1.54) is 0 Å². The highest BCUT2D eigenvalue weighted by molar-refractivity contribution is 6.01. The molecule has 2 saturated heterocycles. The van der Waals surface area contributed by atoms with Crippen LogP contribution in [0.15, 0.2) is 15.7 Å². The van der Waals surface area contributed by atoms with E-state index in [1.807, 2.05) is 4.68 Å². The average molecular weight is 370 g/mol. The lowest BCUT2D eigenvalue weighted by molar-refractivity contribution is -0.117. The topological polar surface area (TPSA) is 107 Å². The van der Waals surface area contributed by atoms with Crippen molar-refractivity contribution < 1.29 is 14.1 Å². The molecular formula is C18H22N6O3. The van der Waals surface area contributed by atoms with Gasteiger partial charge < -0.3 is 14.6 Å². The number of nitrogens with zero attached hydrogens (tertiary/aromatic N) is 5. The fourth-order valence-corrected chi connectivity index (χ4v) is 4.09. The summed E-state index contributed by atoms with van der Waals surface area (Å²) in [7, 11) is 0. The van der Waals surface area contributed by atoms with Gasteiger partial charge in [-0.15, -0.1) is 0 Å². The van der Waals surface area contributed by atoms with Crippen LogP contribution in [0.25, 0.3) is 11.4 Å². The van der Waals surface area contributed by atoms with Crippen LogP contribution in [0.3, 0.4) is 0 Å². The molecule has 142 valence electrons. The second-order valence-electron chi connectivity index (χ2n) is 7.32. The quantitative estimate of drug-likeness (QED) is 0.864.